The van der Waals surface area contributed by atoms with Gasteiger partial charge in [0.15, 0.2) is 6.23 Å². The Morgan fingerprint density at radius 1 is 1.25 bits per heavy atom. The maximum atomic E-state index is 8.76. The van der Waals surface area contributed by atoms with Crippen LogP contribution in [-0.2, 0) is 0 Å². The third-order valence-corrected chi connectivity index (χ3v) is 0.830. The minimum atomic E-state index is -0.648. The largest absolute Gasteiger partial charge is 0.368 e. The summed E-state index contributed by atoms with van der Waals surface area (Å²) < 4.78 is 0. The standard InChI is InChI=1S/C6H7NO/c8-6-4-2-1-3-5-7-6/h1-6,8H. The number of nitrogens with zero attached hydrogens (tertiary/aromatic N) is 1. The number of aliphatic hydroxyl groups excluding tert-OH is 1. The number of hydrogen-bond acceptors (Lipinski definition) is 2. The van der Waals surface area contributed by atoms with Gasteiger partial charge in [0.1, 0.15) is 0 Å². The fourth-order valence-electron chi connectivity index (χ4n) is 0.465. The molecule has 0 bridgehead atoms. The summed E-state index contributed by atoms with van der Waals surface area (Å²) in [5, 5.41) is 8.76. The van der Waals surface area contributed by atoms with E-state index in [9.17, 15) is 0 Å². The first-order valence-electron chi connectivity index (χ1n) is 2.44. The van der Waals surface area contributed by atoms with Gasteiger partial charge >= 0.3 is 0 Å². The maximum absolute atomic E-state index is 8.76. The first-order valence-corrected chi connectivity index (χ1v) is 2.44. The smallest absolute Gasteiger partial charge is 0.164 e. The molecule has 0 aromatic rings. The molecule has 0 amide bonds. The summed E-state index contributed by atoms with van der Waals surface area (Å²) in [7, 11) is 0. The van der Waals surface area contributed by atoms with E-state index in [4.69, 9.17) is 5.11 Å². The Bertz CT molecular complexity index is 131. The van der Waals surface area contributed by atoms with Crippen molar-refractivity contribution in [1.29, 1.82) is 0 Å². The van der Waals surface area contributed by atoms with Crippen molar-refractivity contribution in [3.63, 3.8) is 0 Å². The average Bonchev–Trinajstić information content (AvgIpc) is 1.94. The van der Waals surface area contributed by atoms with E-state index in [1.807, 2.05) is 6.08 Å². The molecule has 0 aromatic carbocycles. The number of hydrogen-bond donors (Lipinski definition) is 1. The van der Waals surface area contributed by atoms with Crippen LogP contribution >= 0.6 is 0 Å². The molecule has 1 heterocycles. The molecule has 2 nitrogen and oxygen atoms in total. The van der Waals surface area contributed by atoms with Crippen molar-refractivity contribution >= 4 is 6.21 Å². The predicted octanol–water partition coefficient (Wildman–Crippen LogP) is 0.502. The van der Waals surface area contributed by atoms with Gasteiger partial charge in [0.2, 0.25) is 0 Å². The number of rotatable bonds is 0. The summed E-state index contributed by atoms with van der Waals surface area (Å²) in [4.78, 5) is 3.68. The van der Waals surface area contributed by atoms with Gasteiger partial charge in [-0.3, -0.25) is 4.99 Å². The third-order valence-electron chi connectivity index (χ3n) is 0.830. The van der Waals surface area contributed by atoms with E-state index in [1.165, 1.54) is 0 Å². The lowest BCUT2D eigenvalue weighted by Gasteiger charge is -1.90. The summed E-state index contributed by atoms with van der Waals surface area (Å²) in [5.41, 5.74) is 0. The van der Waals surface area contributed by atoms with Gasteiger partial charge in [-0.2, -0.15) is 0 Å². The Labute approximate surface area is 47.9 Å². The van der Waals surface area contributed by atoms with Crippen LogP contribution in [0.2, 0.25) is 0 Å². The fourth-order valence-corrected chi connectivity index (χ4v) is 0.465. The molecule has 0 radical (unpaired) electrons. The second-order valence-corrected chi connectivity index (χ2v) is 1.48. The molecule has 2 heteroatoms. The van der Waals surface area contributed by atoms with Crippen molar-refractivity contribution in [1.82, 2.24) is 0 Å². The number of allylic oxidation sites excluding steroid dienone is 3. The molecule has 1 atom stereocenters. The minimum Gasteiger partial charge on any atom is -0.368 e. The van der Waals surface area contributed by atoms with Crippen molar-refractivity contribution in [3.8, 4) is 0 Å². The van der Waals surface area contributed by atoms with Gasteiger partial charge in [-0.15, -0.1) is 0 Å². The molecule has 8 heavy (non-hydrogen) atoms. The van der Waals surface area contributed by atoms with Gasteiger partial charge in [0.25, 0.3) is 0 Å². The number of aliphatic hydroxyl groups is 1. The van der Waals surface area contributed by atoms with Gasteiger partial charge in [0, 0.05) is 6.21 Å². The summed E-state index contributed by atoms with van der Waals surface area (Å²) in [6.45, 7) is 0. The zero-order valence-electron chi connectivity index (χ0n) is 4.36. The first-order chi connectivity index (χ1) is 3.89. The molecule has 0 spiro atoms. The van der Waals surface area contributed by atoms with Gasteiger partial charge in [-0.25, -0.2) is 0 Å². The van der Waals surface area contributed by atoms with E-state index in [0.29, 0.717) is 0 Å². The van der Waals surface area contributed by atoms with E-state index in [-0.39, 0.29) is 0 Å². The zero-order valence-corrected chi connectivity index (χ0v) is 4.36. The van der Waals surface area contributed by atoms with E-state index in [0.717, 1.165) is 0 Å². The van der Waals surface area contributed by atoms with Gasteiger partial charge in [-0.1, -0.05) is 12.2 Å². The van der Waals surface area contributed by atoms with Crippen molar-refractivity contribution in [3.05, 3.63) is 24.3 Å². The second kappa shape index (κ2) is 2.43. The van der Waals surface area contributed by atoms with Crippen LogP contribution in [0.5, 0.6) is 0 Å². The van der Waals surface area contributed by atoms with Crippen LogP contribution in [0.15, 0.2) is 29.3 Å². The topological polar surface area (TPSA) is 32.6 Å². The van der Waals surface area contributed by atoms with E-state index in [1.54, 1.807) is 24.4 Å². The molecule has 42 valence electrons. The van der Waals surface area contributed by atoms with Crippen LogP contribution < -0.4 is 0 Å². The fraction of sp³-hybridized carbons (Fsp3) is 0.167. The molecule has 1 unspecified atom stereocenters. The van der Waals surface area contributed by atoms with Crippen LogP contribution in [-0.4, -0.2) is 17.5 Å². The Kier molecular flexibility index (Phi) is 1.59. The quantitative estimate of drug-likeness (QED) is 0.482. The Morgan fingerprint density at radius 2 is 2.12 bits per heavy atom. The third kappa shape index (κ3) is 1.31. The summed E-state index contributed by atoms with van der Waals surface area (Å²) in [6.07, 6.45) is 7.89. The van der Waals surface area contributed by atoms with Gasteiger partial charge in [0.05, 0.1) is 0 Å². The predicted molar refractivity (Wildman–Crippen MR) is 32.8 cm³/mol. The minimum absolute atomic E-state index is 0.648. The SMILES string of the molecule is OC1C=CC=CC=N1. The van der Waals surface area contributed by atoms with Crippen molar-refractivity contribution in [2.75, 3.05) is 0 Å². The van der Waals surface area contributed by atoms with Crippen molar-refractivity contribution in [2.24, 2.45) is 4.99 Å². The zero-order chi connectivity index (χ0) is 5.82. The van der Waals surface area contributed by atoms with Gasteiger partial charge < -0.3 is 5.11 Å². The molecule has 1 aliphatic heterocycles. The molecule has 0 saturated heterocycles. The summed E-state index contributed by atoms with van der Waals surface area (Å²) >= 11 is 0. The maximum Gasteiger partial charge on any atom is 0.164 e. The Hall–Kier alpha value is -0.890. The summed E-state index contributed by atoms with van der Waals surface area (Å²) in [5.74, 6) is 0. The second-order valence-electron chi connectivity index (χ2n) is 1.48. The lowest BCUT2D eigenvalue weighted by Crippen LogP contribution is -1.94. The highest BCUT2D eigenvalue weighted by atomic mass is 16.3. The Balaban J connectivity index is 2.66. The van der Waals surface area contributed by atoms with Crippen molar-refractivity contribution in [2.45, 2.75) is 6.23 Å². The molecule has 1 rings (SSSR count). The van der Waals surface area contributed by atoms with E-state index >= 15 is 0 Å². The molecular formula is C6H7NO. The molecule has 0 saturated carbocycles. The van der Waals surface area contributed by atoms with Crippen LogP contribution in [0.3, 0.4) is 0 Å². The lowest BCUT2D eigenvalue weighted by molar-refractivity contribution is 0.235. The molecular weight excluding hydrogens is 102 g/mol. The van der Waals surface area contributed by atoms with E-state index in [2.05, 4.69) is 4.99 Å². The highest BCUT2D eigenvalue weighted by Crippen LogP contribution is 1.91. The molecule has 0 aliphatic carbocycles. The molecule has 1 N–H and O–H groups in total. The van der Waals surface area contributed by atoms with Crippen LogP contribution in [0.1, 0.15) is 0 Å². The molecule has 1 aliphatic rings. The summed E-state index contributed by atoms with van der Waals surface area (Å²) in [6, 6.07) is 0. The highest BCUT2D eigenvalue weighted by Gasteiger charge is 1.89. The Morgan fingerprint density at radius 3 is 3.00 bits per heavy atom. The lowest BCUT2D eigenvalue weighted by atomic mass is 10.4. The van der Waals surface area contributed by atoms with Crippen LogP contribution in [0.25, 0.3) is 0 Å². The van der Waals surface area contributed by atoms with Crippen LogP contribution in [0, 0.1) is 0 Å². The van der Waals surface area contributed by atoms with Crippen LogP contribution in [0.4, 0.5) is 0 Å². The normalized spacial score (nSPS) is 25.9. The monoisotopic (exact) mass is 109 g/mol. The molecule has 0 aromatic heterocycles. The molecule has 0 fully saturated rings. The van der Waals surface area contributed by atoms with E-state index < -0.39 is 6.23 Å². The van der Waals surface area contributed by atoms with Crippen molar-refractivity contribution < 1.29 is 5.11 Å². The average molecular weight is 109 g/mol. The highest BCUT2D eigenvalue weighted by molar-refractivity contribution is 5.72. The number of aliphatic imine (C=N–C) groups is 1. The van der Waals surface area contributed by atoms with Gasteiger partial charge in [-0.05, 0) is 12.2 Å². The first kappa shape index (κ1) is 5.25.